The summed E-state index contributed by atoms with van der Waals surface area (Å²) in [6.45, 7) is 7.66. The topological polar surface area (TPSA) is 40.6 Å². The maximum absolute atomic E-state index is 12.4. The zero-order valence-corrected chi connectivity index (χ0v) is 14.0. The third kappa shape index (κ3) is 3.20. The van der Waals surface area contributed by atoms with Gasteiger partial charge in [-0.3, -0.25) is 14.5 Å². The molecule has 1 aromatic carbocycles. The van der Waals surface area contributed by atoms with Gasteiger partial charge in [-0.2, -0.15) is 0 Å². The van der Waals surface area contributed by atoms with E-state index in [1.165, 1.54) is 23.4 Å². The van der Waals surface area contributed by atoms with Crippen LogP contribution in [0.5, 0.6) is 0 Å². The van der Waals surface area contributed by atoms with E-state index in [9.17, 15) is 9.59 Å². The minimum Gasteiger partial charge on any atom is -0.372 e. The van der Waals surface area contributed by atoms with Crippen molar-refractivity contribution in [1.29, 1.82) is 0 Å². The molecule has 23 heavy (non-hydrogen) atoms. The SMILES string of the molecule is C=C[C@H](C)N1C(=O)S/C(=C\c2ccc(N3CCCC3)cc2)C1=O. The Hall–Kier alpha value is -2.01. The smallest absolute Gasteiger partial charge is 0.294 e. The van der Waals surface area contributed by atoms with Crippen molar-refractivity contribution in [1.82, 2.24) is 4.90 Å². The third-order valence-electron chi connectivity index (χ3n) is 4.23. The summed E-state index contributed by atoms with van der Waals surface area (Å²) in [5, 5.41) is -0.234. The van der Waals surface area contributed by atoms with Crippen molar-refractivity contribution >= 4 is 34.7 Å². The summed E-state index contributed by atoms with van der Waals surface area (Å²) in [6, 6.07) is 7.87. The highest BCUT2D eigenvalue weighted by molar-refractivity contribution is 8.18. The maximum atomic E-state index is 12.4. The number of amides is 2. The molecule has 0 unspecified atom stereocenters. The Morgan fingerprint density at radius 2 is 1.83 bits per heavy atom. The molecule has 0 spiro atoms. The second kappa shape index (κ2) is 6.62. The molecule has 1 atom stereocenters. The quantitative estimate of drug-likeness (QED) is 0.621. The van der Waals surface area contributed by atoms with Crippen LogP contribution in [0, 0.1) is 0 Å². The Morgan fingerprint density at radius 3 is 2.43 bits per heavy atom. The molecule has 2 fully saturated rings. The highest BCUT2D eigenvalue weighted by Crippen LogP contribution is 2.34. The number of carbonyl (C=O) groups is 2. The fourth-order valence-electron chi connectivity index (χ4n) is 2.84. The molecule has 1 aromatic rings. The van der Waals surface area contributed by atoms with E-state index in [0.717, 1.165) is 30.4 Å². The van der Waals surface area contributed by atoms with Crippen LogP contribution in [0.2, 0.25) is 0 Å². The molecule has 0 N–H and O–H groups in total. The van der Waals surface area contributed by atoms with E-state index in [1.807, 2.05) is 12.1 Å². The molecule has 4 nitrogen and oxygen atoms in total. The first-order valence-electron chi connectivity index (χ1n) is 7.85. The molecule has 0 radical (unpaired) electrons. The summed E-state index contributed by atoms with van der Waals surface area (Å²) in [5.41, 5.74) is 2.15. The van der Waals surface area contributed by atoms with E-state index in [0.29, 0.717) is 4.91 Å². The predicted molar refractivity (Wildman–Crippen MR) is 95.4 cm³/mol. The molecule has 2 aliphatic heterocycles. The molecule has 0 bridgehead atoms. The number of hydrogen-bond acceptors (Lipinski definition) is 4. The monoisotopic (exact) mass is 328 g/mol. The van der Waals surface area contributed by atoms with Crippen LogP contribution in [-0.4, -0.2) is 35.2 Å². The zero-order chi connectivity index (χ0) is 16.4. The Kier molecular flexibility index (Phi) is 4.57. The summed E-state index contributed by atoms with van der Waals surface area (Å²) in [6.07, 6.45) is 5.88. The van der Waals surface area contributed by atoms with Crippen LogP contribution < -0.4 is 4.90 Å². The molecule has 2 aliphatic rings. The Labute approximate surface area is 140 Å². The number of imide groups is 1. The lowest BCUT2D eigenvalue weighted by Gasteiger charge is -2.17. The first-order chi connectivity index (χ1) is 11.1. The van der Waals surface area contributed by atoms with Gasteiger partial charge in [0, 0.05) is 18.8 Å². The van der Waals surface area contributed by atoms with Gasteiger partial charge in [0.05, 0.1) is 10.9 Å². The van der Waals surface area contributed by atoms with E-state index < -0.39 is 0 Å². The summed E-state index contributed by atoms with van der Waals surface area (Å²) < 4.78 is 0. The number of nitrogens with zero attached hydrogens (tertiary/aromatic N) is 2. The van der Waals surface area contributed by atoms with Gasteiger partial charge in [-0.25, -0.2) is 0 Å². The Balaban J connectivity index is 1.77. The van der Waals surface area contributed by atoms with E-state index in [1.54, 1.807) is 19.1 Å². The standard InChI is InChI=1S/C18H20N2O2S/c1-3-13(2)20-17(21)16(23-18(20)22)12-14-6-8-15(9-7-14)19-10-4-5-11-19/h3,6-9,12-13H,1,4-5,10-11H2,2H3/b16-12-/t13-/m0/s1. The van der Waals surface area contributed by atoms with Crippen molar-refractivity contribution in [2.24, 2.45) is 0 Å². The van der Waals surface area contributed by atoms with E-state index in [-0.39, 0.29) is 17.2 Å². The van der Waals surface area contributed by atoms with Gasteiger partial charge in [0.25, 0.3) is 11.1 Å². The Morgan fingerprint density at radius 1 is 1.17 bits per heavy atom. The van der Waals surface area contributed by atoms with E-state index >= 15 is 0 Å². The average molecular weight is 328 g/mol. The summed E-state index contributed by atoms with van der Waals surface area (Å²) in [5.74, 6) is -0.240. The van der Waals surface area contributed by atoms with Gasteiger partial charge < -0.3 is 4.90 Å². The first kappa shape index (κ1) is 15.9. The second-order valence-corrected chi connectivity index (χ2v) is 6.81. The van der Waals surface area contributed by atoms with Crippen molar-refractivity contribution in [2.75, 3.05) is 18.0 Å². The van der Waals surface area contributed by atoms with Gasteiger partial charge in [-0.15, -0.1) is 6.58 Å². The molecule has 2 heterocycles. The lowest BCUT2D eigenvalue weighted by molar-refractivity contribution is -0.123. The van der Waals surface area contributed by atoms with Crippen molar-refractivity contribution in [3.05, 3.63) is 47.4 Å². The summed E-state index contributed by atoms with van der Waals surface area (Å²) in [7, 11) is 0. The molecule has 2 amide bonds. The maximum Gasteiger partial charge on any atom is 0.294 e. The van der Waals surface area contributed by atoms with Gasteiger partial charge in [0.15, 0.2) is 0 Å². The van der Waals surface area contributed by atoms with Crippen molar-refractivity contribution < 1.29 is 9.59 Å². The highest BCUT2D eigenvalue weighted by atomic mass is 32.2. The summed E-state index contributed by atoms with van der Waals surface area (Å²) >= 11 is 0.990. The number of anilines is 1. The molecule has 120 valence electrons. The fraction of sp³-hybridized carbons (Fsp3) is 0.333. The number of hydrogen-bond donors (Lipinski definition) is 0. The molecular formula is C18H20N2O2S. The van der Waals surface area contributed by atoms with E-state index in [2.05, 4.69) is 23.6 Å². The van der Waals surface area contributed by atoms with Crippen molar-refractivity contribution in [3.8, 4) is 0 Å². The van der Waals surface area contributed by atoms with Gasteiger partial charge in [-0.05, 0) is 55.3 Å². The number of rotatable bonds is 4. The van der Waals surface area contributed by atoms with Crippen LogP contribution in [0.4, 0.5) is 10.5 Å². The van der Waals surface area contributed by atoms with Crippen LogP contribution >= 0.6 is 11.8 Å². The average Bonchev–Trinajstić information content (AvgIpc) is 3.17. The first-order valence-corrected chi connectivity index (χ1v) is 8.66. The van der Waals surface area contributed by atoms with Gasteiger partial charge >= 0.3 is 0 Å². The van der Waals surface area contributed by atoms with Gasteiger partial charge in [0.1, 0.15) is 0 Å². The minimum absolute atomic E-state index is 0.234. The largest absolute Gasteiger partial charge is 0.372 e. The fourth-order valence-corrected chi connectivity index (χ4v) is 3.76. The lowest BCUT2D eigenvalue weighted by atomic mass is 10.1. The molecule has 3 rings (SSSR count). The van der Waals surface area contributed by atoms with Crippen LogP contribution in [0.25, 0.3) is 6.08 Å². The van der Waals surface area contributed by atoms with Crippen LogP contribution in [-0.2, 0) is 4.79 Å². The van der Waals surface area contributed by atoms with Gasteiger partial charge in [0.2, 0.25) is 0 Å². The number of thioether (sulfide) groups is 1. The lowest BCUT2D eigenvalue weighted by Crippen LogP contribution is -2.35. The van der Waals surface area contributed by atoms with Crippen molar-refractivity contribution in [2.45, 2.75) is 25.8 Å². The number of carbonyl (C=O) groups excluding carboxylic acids is 2. The minimum atomic E-state index is -0.286. The third-order valence-corrected chi connectivity index (χ3v) is 5.12. The number of benzene rings is 1. The Bertz CT molecular complexity index is 660. The molecule has 5 heteroatoms. The van der Waals surface area contributed by atoms with Crippen LogP contribution in [0.15, 0.2) is 41.8 Å². The van der Waals surface area contributed by atoms with E-state index in [4.69, 9.17) is 0 Å². The van der Waals surface area contributed by atoms with Crippen molar-refractivity contribution in [3.63, 3.8) is 0 Å². The second-order valence-electron chi connectivity index (χ2n) is 5.81. The molecule has 0 aliphatic carbocycles. The van der Waals surface area contributed by atoms with Crippen LogP contribution in [0.3, 0.4) is 0 Å². The van der Waals surface area contributed by atoms with Crippen LogP contribution in [0.1, 0.15) is 25.3 Å². The summed E-state index contributed by atoms with van der Waals surface area (Å²) in [4.78, 5) is 28.4. The molecule has 0 aromatic heterocycles. The molecule has 0 saturated carbocycles. The molecular weight excluding hydrogens is 308 g/mol. The zero-order valence-electron chi connectivity index (χ0n) is 13.2. The normalized spacial score (nSPS) is 21.3. The highest BCUT2D eigenvalue weighted by Gasteiger charge is 2.37. The van der Waals surface area contributed by atoms with Gasteiger partial charge in [-0.1, -0.05) is 18.2 Å². The molecule has 2 saturated heterocycles. The predicted octanol–water partition coefficient (Wildman–Crippen LogP) is 3.90.